The van der Waals surface area contributed by atoms with Gasteiger partial charge >= 0.3 is 5.69 Å². The maximum atomic E-state index is 12.5. The summed E-state index contributed by atoms with van der Waals surface area (Å²) in [5.74, 6) is 0.898. The Balaban J connectivity index is 1.67. The van der Waals surface area contributed by atoms with Crippen molar-refractivity contribution in [3.63, 3.8) is 0 Å². The Morgan fingerprint density at radius 2 is 2.30 bits per heavy atom. The molecule has 1 atom stereocenters. The molecule has 3 N–H and O–H groups in total. The number of benzene rings is 1. The molecule has 7 heteroatoms. The van der Waals surface area contributed by atoms with Crippen molar-refractivity contribution in [1.29, 1.82) is 0 Å². The number of aromatic amines is 2. The standard InChI is InChI=1S/C16H20N4O3/c1-10-4-5-11(7-13(10)21)8-14(22)20-6-2-3-12(9-20)15-17-16(23)19-18-15/h4-5,7,12,21H,2-3,6,8-9H2,1H3,(H2,17,18,19,23). The highest BCUT2D eigenvalue weighted by atomic mass is 16.3. The largest absolute Gasteiger partial charge is 0.508 e. The van der Waals surface area contributed by atoms with Crippen LogP contribution < -0.4 is 5.69 Å². The summed E-state index contributed by atoms with van der Waals surface area (Å²) in [5, 5.41) is 16.1. The molecule has 1 amide bonds. The molecule has 1 fully saturated rings. The maximum Gasteiger partial charge on any atom is 0.340 e. The molecule has 1 aliphatic heterocycles. The highest BCUT2D eigenvalue weighted by Crippen LogP contribution is 2.24. The van der Waals surface area contributed by atoms with Gasteiger partial charge in [0.15, 0.2) is 0 Å². The fraction of sp³-hybridized carbons (Fsp3) is 0.438. The Hall–Kier alpha value is -2.57. The van der Waals surface area contributed by atoms with Crippen LogP contribution in [0.3, 0.4) is 0 Å². The van der Waals surface area contributed by atoms with Gasteiger partial charge < -0.3 is 10.0 Å². The molecule has 2 aromatic rings. The predicted molar refractivity (Wildman–Crippen MR) is 84.3 cm³/mol. The summed E-state index contributed by atoms with van der Waals surface area (Å²) in [4.78, 5) is 28.1. The van der Waals surface area contributed by atoms with Crippen molar-refractivity contribution in [3.05, 3.63) is 45.6 Å². The lowest BCUT2D eigenvalue weighted by molar-refractivity contribution is -0.131. The Morgan fingerprint density at radius 1 is 1.48 bits per heavy atom. The van der Waals surface area contributed by atoms with Gasteiger partial charge in [0.2, 0.25) is 5.91 Å². The van der Waals surface area contributed by atoms with Crippen LogP contribution in [-0.4, -0.2) is 44.2 Å². The number of phenolic OH excluding ortho intramolecular Hbond substituents is 1. The third-order valence-corrected chi connectivity index (χ3v) is 4.31. The third kappa shape index (κ3) is 3.44. The first-order chi connectivity index (χ1) is 11.0. The molecule has 7 nitrogen and oxygen atoms in total. The van der Waals surface area contributed by atoms with Gasteiger partial charge in [-0.15, -0.1) is 0 Å². The molecule has 0 aliphatic carbocycles. The minimum atomic E-state index is -0.321. The van der Waals surface area contributed by atoms with E-state index < -0.39 is 0 Å². The lowest BCUT2D eigenvalue weighted by Gasteiger charge is -2.31. The van der Waals surface area contributed by atoms with Crippen molar-refractivity contribution in [3.8, 4) is 5.75 Å². The smallest absolute Gasteiger partial charge is 0.340 e. The minimum absolute atomic E-state index is 0.0239. The van der Waals surface area contributed by atoms with Crippen LogP contribution in [0, 0.1) is 6.92 Å². The van der Waals surface area contributed by atoms with E-state index in [0.29, 0.717) is 18.9 Å². The van der Waals surface area contributed by atoms with Crippen molar-refractivity contribution in [2.75, 3.05) is 13.1 Å². The first-order valence-electron chi connectivity index (χ1n) is 7.74. The number of hydrogen-bond acceptors (Lipinski definition) is 4. The average Bonchev–Trinajstić information content (AvgIpc) is 2.98. The molecule has 1 aromatic heterocycles. The molecular weight excluding hydrogens is 296 g/mol. The fourth-order valence-corrected chi connectivity index (χ4v) is 2.95. The fourth-order valence-electron chi connectivity index (χ4n) is 2.95. The molecule has 2 heterocycles. The lowest BCUT2D eigenvalue weighted by atomic mass is 9.96. The molecule has 0 radical (unpaired) electrons. The summed E-state index contributed by atoms with van der Waals surface area (Å²) < 4.78 is 0. The molecule has 1 aromatic carbocycles. The Kier molecular flexibility index (Phi) is 4.18. The van der Waals surface area contributed by atoms with Gasteiger partial charge in [-0.3, -0.25) is 9.78 Å². The lowest BCUT2D eigenvalue weighted by Crippen LogP contribution is -2.40. The SMILES string of the molecule is Cc1ccc(CC(=O)N2CCCC(c3n[nH]c(=O)[nH]3)C2)cc1O. The molecule has 3 rings (SSSR count). The van der Waals surface area contributed by atoms with Crippen molar-refractivity contribution >= 4 is 5.91 Å². The second-order valence-corrected chi connectivity index (χ2v) is 6.04. The molecule has 1 saturated heterocycles. The number of nitrogens with zero attached hydrogens (tertiary/aromatic N) is 2. The summed E-state index contributed by atoms with van der Waals surface area (Å²) >= 11 is 0. The highest BCUT2D eigenvalue weighted by Gasteiger charge is 2.26. The van der Waals surface area contributed by atoms with Gasteiger partial charge in [-0.2, -0.15) is 5.10 Å². The van der Waals surface area contributed by atoms with E-state index in [9.17, 15) is 14.7 Å². The van der Waals surface area contributed by atoms with Gasteiger partial charge in [-0.1, -0.05) is 12.1 Å². The van der Waals surface area contributed by atoms with Crippen molar-refractivity contribution in [2.45, 2.75) is 32.1 Å². The van der Waals surface area contributed by atoms with E-state index in [4.69, 9.17) is 0 Å². The number of phenols is 1. The summed E-state index contributed by atoms with van der Waals surface area (Å²) in [6, 6.07) is 5.31. The van der Waals surface area contributed by atoms with Crippen LogP contribution in [0.15, 0.2) is 23.0 Å². The quantitative estimate of drug-likeness (QED) is 0.788. The highest BCUT2D eigenvalue weighted by molar-refractivity contribution is 5.79. The van der Waals surface area contributed by atoms with Gasteiger partial charge in [0.1, 0.15) is 11.6 Å². The van der Waals surface area contributed by atoms with Gasteiger partial charge in [-0.25, -0.2) is 9.89 Å². The zero-order valence-electron chi connectivity index (χ0n) is 13.0. The van der Waals surface area contributed by atoms with Crippen molar-refractivity contribution in [2.24, 2.45) is 0 Å². The number of carbonyl (C=O) groups is 1. The number of carbonyl (C=O) groups excluding carboxylic acids is 1. The Labute approximate surface area is 133 Å². The summed E-state index contributed by atoms with van der Waals surface area (Å²) in [6.45, 7) is 3.08. The molecular formula is C16H20N4O3. The van der Waals surface area contributed by atoms with Gasteiger partial charge in [-0.05, 0) is 37.0 Å². The molecule has 0 bridgehead atoms. The number of hydrogen-bond donors (Lipinski definition) is 3. The van der Waals surface area contributed by atoms with E-state index in [2.05, 4.69) is 15.2 Å². The Bertz CT molecular complexity index is 765. The predicted octanol–water partition coefficient (Wildman–Crippen LogP) is 1.06. The molecule has 1 unspecified atom stereocenters. The zero-order valence-corrected chi connectivity index (χ0v) is 13.0. The molecule has 0 spiro atoms. The number of aromatic nitrogens is 3. The monoisotopic (exact) mass is 316 g/mol. The second kappa shape index (κ2) is 6.28. The van der Waals surface area contributed by atoms with E-state index in [-0.39, 0.29) is 29.7 Å². The topological polar surface area (TPSA) is 102 Å². The minimum Gasteiger partial charge on any atom is -0.508 e. The number of rotatable bonds is 3. The maximum absolute atomic E-state index is 12.5. The number of piperidine rings is 1. The van der Waals surface area contributed by atoms with Crippen LogP contribution in [-0.2, 0) is 11.2 Å². The first kappa shape index (κ1) is 15.3. The number of nitrogens with one attached hydrogen (secondary N) is 2. The molecule has 1 aliphatic rings. The summed E-state index contributed by atoms with van der Waals surface area (Å²) in [5.41, 5.74) is 1.27. The van der Waals surface area contributed by atoms with E-state index in [1.54, 1.807) is 11.0 Å². The van der Waals surface area contributed by atoms with E-state index in [1.165, 1.54) is 0 Å². The molecule has 122 valence electrons. The second-order valence-electron chi connectivity index (χ2n) is 6.04. The third-order valence-electron chi connectivity index (χ3n) is 4.31. The van der Waals surface area contributed by atoms with Crippen LogP contribution in [0.4, 0.5) is 0 Å². The van der Waals surface area contributed by atoms with Crippen LogP contribution in [0.2, 0.25) is 0 Å². The van der Waals surface area contributed by atoms with E-state index in [1.807, 2.05) is 19.1 Å². The van der Waals surface area contributed by atoms with Crippen LogP contribution in [0.25, 0.3) is 0 Å². The number of aromatic hydroxyl groups is 1. The normalized spacial score (nSPS) is 18.1. The number of amides is 1. The number of likely N-dealkylation sites (tertiary alicyclic amines) is 1. The number of H-pyrrole nitrogens is 2. The van der Waals surface area contributed by atoms with Crippen molar-refractivity contribution in [1.82, 2.24) is 20.1 Å². The van der Waals surface area contributed by atoms with Crippen LogP contribution >= 0.6 is 0 Å². The molecule has 0 saturated carbocycles. The summed E-state index contributed by atoms with van der Waals surface area (Å²) in [6.07, 6.45) is 2.04. The van der Waals surface area contributed by atoms with Gasteiger partial charge in [0, 0.05) is 19.0 Å². The zero-order chi connectivity index (χ0) is 16.4. The molecule has 23 heavy (non-hydrogen) atoms. The van der Waals surface area contributed by atoms with Crippen LogP contribution in [0.1, 0.15) is 35.7 Å². The van der Waals surface area contributed by atoms with Gasteiger partial charge in [0.25, 0.3) is 0 Å². The van der Waals surface area contributed by atoms with E-state index in [0.717, 1.165) is 24.0 Å². The van der Waals surface area contributed by atoms with E-state index >= 15 is 0 Å². The van der Waals surface area contributed by atoms with Crippen molar-refractivity contribution < 1.29 is 9.90 Å². The Morgan fingerprint density at radius 3 is 3.00 bits per heavy atom. The summed E-state index contributed by atoms with van der Waals surface area (Å²) in [7, 11) is 0. The first-order valence-corrected chi connectivity index (χ1v) is 7.74. The number of aryl methyl sites for hydroxylation is 1. The van der Waals surface area contributed by atoms with Crippen LogP contribution in [0.5, 0.6) is 5.75 Å². The van der Waals surface area contributed by atoms with Gasteiger partial charge in [0.05, 0.1) is 6.42 Å². The average molecular weight is 316 g/mol.